The largest absolute Gasteiger partial charge is 0.481 e. The smallest absolute Gasteiger partial charge is 0.266 e. The molecule has 2 aromatic carbocycles. The van der Waals surface area contributed by atoms with E-state index < -0.39 is 6.10 Å². The Hall–Kier alpha value is -1.51. The van der Waals surface area contributed by atoms with Crippen LogP contribution >= 0.6 is 57.9 Å². The minimum Gasteiger partial charge on any atom is -0.481 e. The maximum Gasteiger partial charge on any atom is 0.266 e. The number of ether oxygens (including phenoxy) is 1. The lowest BCUT2D eigenvalue weighted by atomic mass is 10.2. The van der Waals surface area contributed by atoms with Gasteiger partial charge in [0.25, 0.3) is 5.91 Å². The number of hydrogen-bond acceptors (Lipinski definition) is 6. The molecule has 3 aromatic rings. The van der Waals surface area contributed by atoms with Crippen LogP contribution in [0.3, 0.4) is 0 Å². The van der Waals surface area contributed by atoms with E-state index in [9.17, 15) is 4.79 Å². The third kappa shape index (κ3) is 6.23. The number of rotatable bonds is 7. The van der Waals surface area contributed by atoms with Gasteiger partial charge in [0.2, 0.25) is 5.13 Å². The van der Waals surface area contributed by atoms with E-state index in [1.807, 2.05) is 13.0 Å². The van der Waals surface area contributed by atoms with Gasteiger partial charge in [-0.05, 0) is 55.3 Å². The van der Waals surface area contributed by atoms with Crippen LogP contribution in [0.5, 0.6) is 5.75 Å². The number of nitrogens with zero attached hydrogens (tertiary/aromatic N) is 2. The van der Waals surface area contributed by atoms with Gasteiger partial charge in [-0.25, -0.2) is 0 Å². The first-order valence-corrected chi connectivity index (χ1v) is 11.4. The van der Waals surface area contributed by atoms with Gasteiger partial charge in [0.1, 0.15) is 5.75 Å². The van der Waals surface area contributed by atoms with Crippen LogP contribution in [0, 0.1) is 6.92 Å². The summed E-state index contributed by atoms with van der Waals surface area (Å²) >= 11 is 20.9. The summed E-state index contributed by atoms with van der Waals surface area (Å²) in [5, 5.41) is 13.1. The second-order valence-corrected chi connectivity index (χ2v) is 9.51. The van der Waals surface area contributed by atoms with Crippen molar-refractivity contribution < 1.29 is 9.53 Å². The van der Waals surface area contributed by atoms with Gasteiger partial charge >= 0.3 is 0 Å². The molecule has 0 aliphatic carbocycles. The second kappa shape index (κ2) is 10.00. The van der Waals surface area contributed by atoms with Crippen molar-refractivity contribution in [2.24, 2.45) is 0 Å². The molecule has 1 heterocycles. The Bertz CT molecular complexity index is 1030. The van der Waals surface area contributed by atoms with E-state index in [4.69, 9.17) is 39.5 Å². The number of nitrogens with one attached hydrogen (secondary N) is 1. The standard InChI is InChI=1S/C19H16Cl3N3O2S2/c1-10-7-14(5-6-15(10)21)27-11(2)17(26)23-18-24-25-19(29-18)28-9-12-3-4-13(20)8-16(12)22/h3-8,11H,9H2,1-2H3,(H,23,24,26). The van der Waals surface area contributed by atoms with Gasteiger partial charge in [-0.1, -0.05) is 64.0 Å². The van der Waals surface area contributed by atoms with Crippen LogP contribution in [0.1, 0.15) is 18.1 Å². The van der Waals surface area contributed by atoms with Crippen molar-refractivity contribution in [2.75, 3.05) is 5.32 Å². The summed E-state index contributed by atoms with van der Waals surface area (Å²) in [6.45, 7) is 3.54. The maximum absolute atomic E-state index is 12.4. The van der Waals surface area contributed by atoms with Crippen molar-refractivity contribution in [1.29, 1.82) is 0 Å². The fourth-order valence-corrected chi connectivity index (χ4v) is 4.68. The summed E-state index contributed by atoms with van der Waals surface area (Å²) < 4.78 is 6.39. The SMILES string of the molecule is Cc1cc(OC(C)C(=O)Nc2nnc(SCc3ccc(Cl)cc3Cl)s2)ccc1Cl. The molecule has 10 heteroatoms. The van der Waals surface area contributed by atoms with Crippen LogP contribution in [0.25, 0.3) is 0 Å². The number of carbonyl (C=O) groups is 1. The summed E-state index contributed by atoms with van der Waals surface area (Å²) in [7, 11) is 0. The number of halogens is 3. The Morgan fingerprint density at radius 2 is 1.97 bits per heavy atom. The minimum absolute atomic E-state index is 0.314. The van der Waals surface area contributed by atoms with E-state index >= 15 is 0 Å². The lowest BCUT2D eigenvalue weighted by Crippen LogP contribution is -2.30. The van der Waals surface area contributed by atoms with Crippen molar-refractivity contribution in [3.63, 3.8) is 0 Å². The highest BCUT2D eigenvalue weighted by Gasteiger charge is 2.17. The lowest BCUT2D eigenvalue weighted by Gasteiger charge is -2.14. The lowest BCUT2D eigenvalue weighted by molar-refractivity contribution is -0.122. The third-order valence-electron chi connectivity index (χ3n) is 3.81. The number of benzene rings is 2. The monoisotopic (exact) mass is 487 g/mol. The van der Waals surface area contributed by atoms with Gasteiger partial charge in [-0.3, -0.25) is 10.1 Å². The summed E-state index contributed by atoms with van der Waals surface area (Å²) in [6, 6.07) is 10.6. The molecule has 152 valence electrons. The van der Waals surface area contributed by atoms with Crippen molar-refractivity contribution in [2.45, 2.75) is 30.0 Å². The quantitative estimate of drug-likeness (QED) is 0.303. The van der Waals surface area contributed by atoms with Crippen LogP contribution in [0.4, 0.5) is 5.13 Å². The molecule has 1 N–H and O–H groups in total. The Morgan fingerprint density at radius 3 is 2.69 bits per heavy atom. The molecule has 1 unspecified atom stereocenters. The van der Waals surface area contributed by atoms with Gasteiger partial charge in [-0.15, -0.1) is 10.2 Å². The van der Waals surface area contributed by atoms with E-state index in [1.165, 1.54) is 23.1 Å². The summed E-state index contributed by atoms with van der Waals surface area (Å²) in [4.78, 5) is 12.4. The molecule has 3 rings (SSSR count). The van der Waals surface area contributed by atoms with Crippen molar-refractivity contribution in [3.05, 3.63) is 62.6 Å². The zero-order valence-corrected chi connectivity index (χ0v) is 19.3. The molecule has 1 amide bonds. The summed E-state index contributed by atoms with van der Waals surface area (Å²) in [6.07, 6.45) is -0.705. The highest BCUT2D eigenvalue weighted by atomic mass is 35.5. The number of anilines is 1. The molecule has 0 fully saturated rings. The highest BCUT2D eigenvalue weighted by Crippen LogP contribution is 2.31. The molecular formula is C19H16Cl3N3O2S2. The molecule has 0 saturated heterocycles. The van der Waals surface area contributed by atoms with E-state index in [1.54, 1.807) is 37.3 Å². The van der Waals surface area contributed by atoms with Crippen LogP contribution < -0.4 is 10.1 Å². The number of amides is 1. The molecule has 0 aliphatic rings. The number of hydrogen-bond donors (Lipinski definition) is 1. The number of carbonyl (C=O) groups excluding carboxylic acids is 1. The summed E-state index contributed by atoms with van der Waals surface area (Å²) in [5.74, 6) is 0.877. The highest BCUT2D eigenvalue weighted by molar-refractivity contribution is 8.00. The van der Waals surface area contributed by atoms with E-state index in [0.29, 0.717) is 36.0 Å². The maximum atomic E-state index is 12.4. The topological polar surface area (TPSA) is 64.1 Å². The minimum atomic E-state index is -0.705. The molecule has 0 bridgehead atoms. The Morgan fingerprint density at radius 1 is 1.17 bits per heavy atom. The molecule has 1 aromatic heterocycles. The van der Waals surface area contributed by atoms with Crippen LogP contribution in [-0.4, -0.2) is 22.2 Å². The Kier molecular flexibility index (Phi) is 7.65. The zero-order valence-electron chi connectivity index (χ0n) is 15.4. The van der Waals surface area contributed by atoms with Crippen LogP contribution in [-0.2, 0) is 10.5 Å². The number of thioether (sulfide) groups is 1. The normalized spacial score (nSPS) is 11.9. The van der Waals surface area contributed by atoms with Crippen molar-refractivity contribution in [3.8, 4) is 5.75 Å². The second-order valence-electron chi connectivity index (χ2n) is 6.06. The molecule has 1 atom stereocenters. The molecule has 0 spiro atoms. The van der Waals surface area contributed by atoms with E-state index in [2.05, 4.69) is 15.5 Å². The first-order valence-electron chi connectivity index (χ1n) is 8.45. The fraction of sp³-hybridized carbons (Fsp3) is 0.211. The first-order chi connectivity index (χ1) is 13.8. The van der Waals surface area contributed by atoms with Gasteiger partial charge in [0.05, 0.1) is 0 Å². The van der Waals surface area contributed by atoms with Crippen molar-refractivity contribution in [1.82, 2.24) is 10.2 Å². The predicted molar refractivity (Wildman–Crippen MR) is 121 cm³/mol. The zero-order chi connectivity index (χ0) is 21.0. The van der Waals surface area contributed by atoms with Gasteiger partial charge in [0.15, 0.2) is 10.4 Å². The Balaban J connectivity index is 1.54. The van der Waals surface area contributed by atoms with E-state index in [0.717, 1.165) is 11.1 Å². The van der Waals surface area contributed by atoms with Crippen LogP contribution in [0.15, 0.2) is 40.7 Å². The van der Waals surface area contributed by atoms with E-state index in [-0.39, 0.29) is 5.91 Å². The molecule has 5 nitrogen and oxygen atoms in total. The van der Waals surface area contributed by atoms with Gasteiger partial charge in [-0.2, -0.15) is 0 Å². The molecule has 29 heavy (non-hydrogen) atoms. The molecule has 0 saturated carbocycles. The van der Waals surface area contributed by atoms with Crippen LogP contribution in [0.2, 0.25) is 15.1 Å². The van der Waals surface area contributed by atoms with Gasteiger partial charge < -0.3 is 4.74 Å². The van der Waals surface area contributed by atoms with Crippen molar-refractivity contribution >= 4 is 68.9 Å². The first kappa shape index (κ1) is 22.2. The fourth-order valence-electron chi connectivity index (χ4n) is 2.25. The van der Waals surface area contributed by atoms with Gasteiger partial charge in [0, 0.05) is 20.8 Å². The predicted octanol–water partition coefficient (Wildman–Crippen LogP) is 6.51. The molecule has 0 radical (unpaired) electrons. The molecular weight excluding hydrogens is 473 g/mol. The summed E-state index contributed by atoms with van der Waals surface area (Å²) in [5.41, 5.74) is 1.82. The average Bonchev–Trinajstić information content (AvgIpc) is 3.11. The molecule has 0 aliphatic heterocycles. The number of aromatic nitrogens is 2. The Labute approximate surface area is 191 Å². The average molecular weight is 489 g/mol. The number of aryl methyl sites for hydroxylation is 1. The third-order valence-corrected chi connectivity index (χ3v) is 6.85.